The van der Waals surface area contributed by atoms with E-state index in [4.69, 9.17) is 10.2 Å². The van der Waals surface area contributed by atoms with Crippen molar-refractivity contribution in [2.24, 2.45) is 0 Å². The second-order valence-corrected chi connectivity index (χ2v) is 4.18. The molecule has 0 radical (unpaired) electrons. The van der Waals surface area contributed by atoms with Gasteiger partial charge in [-0.1, -0.05) is 18.3 Å². The predicted octanol–water partition coefficient (Wildman–Crippen LogP) is 0.952. The molecule has 1 aromatic rings. The maximum atomic E-state index is 11.5. The summed E-state index contributed by atoms with van der Waals surface area (Å²) in [6.45, 7) is 3.07. The zero-order chi connectivity index (χ0) is 12.5. The molecule has 1 aromatic heterocycles. The molecule has 0 bridgehead atoms. The molecule has 1 rings (SSSR count). The molecule has 0 saturated carbocycles. The highest BCUT2D eigenvalue weighted by atomic mass is 32.1. The van der Waals surface area contributed by atoms with Gasteiger partial charge in [0.25, 0.3) is 0 Å². The summed E-state index contributed by atoms with van der Waals surface area (Å²) in [6.07, 6.45) is 0.228. The predicted molar refractivity (Wildman–Crippen MR) is 57.2 cm³/mol. The zero-order valence-corrected chi connectivity index (χ0v) is 9.58. The third kappa shape index (κ3) is 1.99. The number of aliphatic carboxylic acids is 1. The molecule has 0 amide bonds. The van der Waals surface area contributed by atoms with Gasteiger partial charge in [0.05, 0.1) is 0 Å². The first kappa shape index (κ1) is 12.4. The van der Waals surface area contributed by atoms with Crippen molar-refractivity contribution in [3.8, 4) is 0 Å². The first-order chi connectivity index (χ1) is 7.40. The van der Waals surface area contributed by atoms with Crippen LogP contribution in [0.5, 0.6) is 0 Å². The fraction of sp³-hybridized carbons (Fsp3) is 0.444. The number of carbonyl (C=O) groups is 2. The lowest BCUT2D eigenvalue weighted by atomic mass is 10.2. The monoisotopic (exact) mass is 245 g/mol. The smallest absolute Gasteiger partial charge is 0.347 e. The van der Waals surface area contributed by atoms with Crippen molar-refractivity contribution >= 4 is 23.3 Å². The first-order valence-corrected chi connectivity index (χ1v) is 5.39. The highest BCUT2D eigenvalue weighted by molar-refractivity contribution is 7.11. The fourth-order valence-electron chi connectivity index (χ4n) is 1.48. The van der Waals surface area contributed by atoms with Gasteiger partial charge in [0, 0.05) is 5.69 Å². The molecule has 1 unspecified atom stereocenters. The third-order valence-electron chi connectivity index (χ3n) is 2.25. The van der Waals surface area contributed by atoms with E-state index in [9.17, 15) is 14.4 Å². The molecule has 6 nitrogen and oxygen atoms in total. The summed E-state index contributed by atoms with van der Waals surface area (Å²) >= 11 is 0.555. The number of rotatable bonds is 4. The van der Waals surface area contributed by atoms with Gasteiger partial charge in [0.15, 0.2) is 0 Å². The van der Waals surface area contributed by atoms with Crippen molar-refractivity contribution in [1.82, 2.24) is 4.57 Å². The molecule has 2 N–H and O–H groups in total. The molecule has 16 heavy (non-hydrogen) atoms. The van der Waals surface area contributed by atoms with Crippen LogP contribution in [0, 0.1) is 6.92 Å². The van der Waals surface area contributed by atoms with Gasteiger partial charge in [0.1, 0.15) is 10.9 Å². The number of carboxylic acid groups (broad SMARTS) is 2. The van der Waals surface area contributed by atoms with E-state index in [1.165, 1.54) is 6.92 Å². The number of aromatic nitrogens is 1. The van der Waals surface area contributed by atoms with Gasteiger partial charge in [-0.15, -0.1) is 0 Å². The lowest BCUT2D eigenvalue weighted by molar-refractivity contribution is -0.141. The molecule has 7 heteroatoms. The molecular formula is C9H11NO5S. The SMILES string of the molecule is CCC(C(=O)O)n1c(C)c(C(=O)O)sc1=O. The Kier molecular flexibility index (Phi) is 3.48. The van der Waals surface area contributed by atoms with Crippen LogP contribution < -0.4 is 4.87 Å². The Bertz CT molecular complexity index is 487. The second-order valence-electron chi connectivity index (χ2n) is 3.22. The van der Waals surface area contributed by atoms with E-state index < -0.39 is 22.9 Å². The van der Waals surface area contributed by atoms with Gasteiger partial charge in [-0.05, 0) is 13.3 Å². The minimum Gasteiger partial charge on any atom is -0.480 e. The van der Waals surface area contributed by atoms with E-state index in [1.807, 2.05) is 0 Å². The maximum absolute atomic E-state index is 11.5. The molecule has 88 valence electrons. The summed E-state index contributed by atoms with van der Waals surface area (Å²) in [7, 11) is 0. The van der Waals surface area contributed by atoms with Crippen LogP contribution in [0.1, 0.15) is 34.8 Å². The number of thiazole rings is 1. The average Bonchev–Trinajstić information content (AvgIpc) is 2.46. The fourth-order valence-corrected chi connectivity index (χ4v) is 2.35. The van der Waals surface area contributed by atoms with Crippen LogP contribution >= 0.6 is 11.3 Å². The first-order valence-electron chi connectivity index (χ1n) is 4.58. The van der Waals surface area contributed by atoms with Crippen LogP contribution in [0.25, 0.3) is 0 Å². The van der Waals surface area contributed by atoms with E-state index in [0.717, 1.165) is 4.57 Å². The lowest BCUT2D eigenvalue weighted by Gasteiger charge is -2.12. The second kappa shape index (κ2) is 4.48. The van der Waals surface area contributed by atoms with E-state index in [2.05, 4.69) is 0 Å². The Morgan fingerprint density at radius 1 is 1.44 bits per heavy atom. The topological polar surface area (TPSA) is 96.6 Å². The summed E-state index contributed by atoms with van der Waals surface area (Å²) in [5.74, 6) is -2.35. The number of hydrogen-bond donors (Lipinski definition) is 2. The summed E-state index contributed by atoms with van der Waals surface area (Å²) in [4.78, 5) is 32.6. The van der Waals surface area contributed by atoms with E-state index >= 15 is 0 Å². The summed E-state index contributed by atoms with van der Waals surface area (Å²) in [5.41, 5.74) is 0.191. The standard InChI is InChI=1S/C9H11NO5S/c1-3-5(7(11)12)10-4(2)6(8(13)14)16-9(10)15/h5H,3H2,1-2H3,(H,11,12)(H,13,14). The zero-order valence-electron chi connectivity index (χ0n) is 8.76. The number of aromatic carboxylic acids is 1. The molecule has 0 aliphatic carbocycles. The van der Waals surface area contributed by atoms with Crippen LogP contribution in [0.3, 0.4) is 0 Å². The normalized spacial score (nSPS) is 12.4. The van der Waals surface area contributed by atoms with Gasteiger partial charge in [-0.3, -0.25) is 9.36 Å². The Morgan fingerprint density at radius 2 is 2.00 bits per heavy atom. The van der Waals surface area contributed by atoms with E-state index in [1.54, 1.807) is 6.92 Å². The molecule has 0 aliphatic heterocycles. The Labute approximate surface area is 94.8 Å². The Hall–Kier alpha value is -1.63. The van der Waals surface area contributed by atoms with Gasteiger partial charge < -0.3 is 10.2 Å². The van der Waals surface area contributed by atoms with Crippen molar-refractivity contribution in [1.29, 1.82) is 0 Å². The summed E-state index contributed by atoms with van der Waals surface area (Å²) in [5, 5.41) is 17.7. The number of carboxylic acids is 2. The third-order valence-corrected chi connectivity index (χ3v) is 3.30. The van der Waals surface area contributed by atoms with Gasteiger partial charge in [-0.25, -0.2) is 9.59 Å². The van der Waals surface area contributed by atoms with Crippen molar-refractivity contribution < 1.29 is 19.8 Å². The highest BCUT2D eigenvalue weighted by Crippen LogP contribution is 2.18. The molecule has 1 heterocycles. The van der Waals surface area contributed by atoms with Crippen molar-refractivity contribution in [3.05, 3.63) is 20.2 Å². The number of hydrogen-bond acceptors (Lipinski definition) is 4. The van der Waals surface area contributed by atoms with Crippen molar-refractivity contribution in [2.75, 3.05) is 0 Å². The van der Waals surface area contributed by atoms with Crippen LogP contribution in [0.2, 0.25) is 0 Å². The van der Waals surface area contributed by atoms with Crippen LogP contribution in [-0.4, -0.2) is 26.7 Å². The largest absolute Gasteiger partial charge is 0.480 e. The average molecular weight is 245 g/mol. The molecule has 0 aromatic carbocycles. The number of nitrogens with zero attached hydrogens (tertiary/aromatic N) is 1. The van der Waals surface area contributed by atoms with Crippen LogP contribution in [-0.2, 0) is 4.79 Å². The van der Waals surface area contributed by atoms with Crippen LogP contribution in [0.15, 0.2) is 4.79 Å². The molecule has 0 aliphatic rings. The van der Waals surface area contributed by atoms with Crippen molar-refractivity contribution in [2.45, 2.75) is 26.3 Å². The summed E-state index contributed by atoms with van der Waals surface area (Å²) in [6, 6.07) is -1.00. The minimum absolute atomic E-state index is 0.107. The molecule has 0 saturated heterocycles. The molecule has 0 spiro atoms. The van der Waals surface area contributed by atoms with Gasteiger partial charge in [0.2, 0.25) is 0 Å². The van der Waals surface area contributed by atoms with Gasteiger partial charge in [-0.2, -0.15) is 0 Å². The Balaban J connectivity index is 3.39. The molecular weight excluding hydrogens is 234 g/mol. The van der Waals surface area contributed by atoms with Gasteiger partial charge >= 0.3 is 16.8 Å². The Morgan fingerprint density at radius 3 is 2.31 bits per heavy atom. The quantitative estimate of drug-likeness (QED) is 0.823. The van der Waals surface area contributed by atoms with E-state index in [-0.39, 0.29) is 17.0 Å². The van der Waals surface area contributed by atoms with Crippen molar-refractivity contribution in [3.63, 3.8) is 0 Å². The van der Waals surface area contributed by atoms with E-state index in [0.29, 0.717) is 11.3 Å². The lowest BCUT2D eigenvalue weighted by Crippen LogP contribution is -2.27. The maximum Gasteiger partial charge on any atom is 0.347 e. The molecule has 1 atom stereocenters. The molecule has 0 fully saturated rings. The summed E-state index contributed by atoms with van der Waals surface area (Å²) < 4.78 is 1.02. The minimum atomic E-state index is -1.21. The van der Waals surface area contributed by atoms with Crippen LogP contribution in [0.4, 0.5) is 0 Å². The highest BCUT2D eigenvalue weighted by Gasteiger charge is 2.25.